The third-order valence-electron chi connectivity index (χ3n) is 4.00. The fourth-order valence-electron chi connectivity index (χ4n) is 2.68. The van der Waals surface area contributed by atoms with Gasteiger partial charge in [0.2, 0.25) is 5.95 Å². The molecule has 1 atom stereocenters. The Kier molecular flexibility index (Phi) is 5.10. The van der Waals surface area contributed by atoms with Crippen LogP contribution in [0.1, 0.15) is 19.0 Å². The molecule has 1 aromatic carbocycles. The Labute approximate surface area is 143 Å². The molecular formula is C17H19BrFN3O. The lowest BCUT2D eigenvalue weighted by molar-refractivity contribution is 0.250. The number of benzene rings is 1. The number of hydrogen-bond acceptors (Lipinski definition) is 4. The molecule has 6 heteroatoms. The van der Waals surface area contributed by atoms with E-state index in [4.69, 9.17) is 4.74 Å². The van der Waals surface area contributed by atoms with E-state index in [0.717, 1.165) is 37.6 Å². The van der Waals surface area contributed by atoms with Gasteiger partial charge >= 0.3 is 0 Å². The van der Waals surface area contributed by atoms with E-state index in [1.807, 2.05) is 12.3 Å². The molecule has 4 nitrogen and oxygen atoms in total. The van der Waals surface area contributed by atoms with Crippen LogP contribution in [0.25, 0.3) is 0 Å². The molecule has 3 rings (SSSR count). The van der Waals surface area contributed by atoms with Crippen LogP contribution in [-0.4, -0.2) is 29.7 Å². The van der Waals surface area contributed by atoms with Gasteiger partial charge in [0.25, 0.3) is 0 Å². The van der Waals surface area contributed by atoms with Gasteiger partial charge in [0.05, 0.1) is 6.61 Å². The van der Waals surface area contributed by atoms with Gasteiger partial charge in [0.15, 0.2) is 11.6 Å². The second-order valence-electron chi connectivity index (χ2n) is 5.69. The third-order valence-corrected chi connectivity index (χ3v) is 4.49. The quantitative estimate of drug-likeness (QED) is 0.790. The first-order valence-corrected chi connectivity index (χ1v) is 8.59. The first-order valence-electron chi connectivity index (χ1n) is 7.80. The smallest absolute Gasteiger partial charge is 0.225 e. The van der Waals surface area contributed by atoms with Gasteiger partial charge in [-0.25, -0.2) is 14.4 Å². The van der Waals surface area contributed by atoms with Crippen molar-refractivity contribution in [3.63, 3.8) is 0 Å². The minimum atomic E-state index is -0.340. The van der Waals surface area contributed by atoms with Crippen molar-refractivity contribution in [3.8, 4) is 5.75 Å². The lowest BCUT2D eigenvalue weighted by Crippen LogP contribution is -2.24. The number of aromatic nitrogens is 2. The van der Waals surface area contributed by atoms with Crippen molar-refractivity contribution in [2.45, 2.75) is 19.8 Å². The summed E-state index contributed by atoms with van der Waals surface area (Å²) < 4.78 is 20.1. The highest BCUT2D eigenvalue weighted by atomic mass is 79.9. The summed E-state index contributed by atoms with van der Waals surface area (Å²) in [5.41, 5.74) is 1.05. The highest BCUT2D eigenvalue weighted by Crippen LogP contribution is 2.25. The average molecular weight is 380 g/mol. The van der Waals surface area contributed by atoms with Gasteiger partial charge in [-0.3, -0.25) is 0 Å². The Balaban J connectivity index is 1.57. The van der Waals surface area contributed by atoms with E-state index in [1.165, 1.54) is 6.07 Å². The van der Waals surface area contributed by atoms with E-state index >= 15 is 0 Å². The van der Waals surface area contributed by atoms with E-state index < -0.39 is 0 Å². The predicted octanol–water partition coefficient (Wildman–Crippen LogP) is 3.85. The second kappa shape index (κ2) is 7.25. The zero-order valence-corrected chi connectivity index (χ0v) is 14.6. The summed E-state index contributed by atoms with van der Waals surface area (Å²) in [6.07, 6.45) is 3.71. The minimum Gasteiger partial charge on any atom is -0.490 e. The molecule has 0 bridgehead atoms. The molecule has 0 spiro atoms. The summed E-state index contributed by atoms with van der Waals surface area (Å²) in [5, 5.41) is 0. The first-order chi connectivity index (χ1) is 11.2. The lowest BCUT2D eigenvalue weighted by Gasteiger charge is -2.17. The maximum atomic E-state index is 13.8. The van der Waals surface area contributed by atoms with E-state index in [1.54, 1.807) is 12.1 Å². The largest absolute Gasteiger partial charge is 0.490 e. The van der Waals surface area contributed by atoms with Crippen LogP contribution in [0.2, 0.25) is 0 Å². The van der Waals surface area contributed by atoms with Crippen molar-refractivity contribution in [2.75, 3.05) is 24.6 Å². The molecule has 0 radical (unpaired) electrons. The molecular weight excluding hydrogens is 361 g/mol. The molecule has 1 fully saturated rings. The average Bonchev–Trinajstić information content (AvgIpc) is 3.03. The third kappa shape index (κ3) is 3.99. The normalized spacial score (nSPS) is 17.5. The number of rotatable bonds is 5. The zero-order chi connectivity index (χ0) is 16.2. The fourth-order valence-corrected chi connectivity index (χ4v) is 3.02. The second-order valence-corrected chi connectivity index (χ2v) is 6.60. The molecule has 1 saturated heterocycles. The number of nitrogens with zero attached hydrogens (tertiary/aromatic N) is 3. The van der Waals surface area contributed by atoms with Crippen LogP contribution < -0.4 is 9.64 Å². The summed E-state index contributed by atoms with van der Waals surface area (Å²) in [7, 11) is 0. The Morgan fingerprint density at radius 1 is 1.39 bits per heavy atom. The van der Waals surface area contributed by atoms with Crippen LogP contribution in [0.3, 0.4) is 0 Å². The standard InChI is InChI=1S/C17H19BrFN3O/c1-2-14-5-7-20-17(21-14)22-8-6-12(10-22)11-23-16-4-3-13(18)9-15(16)19/h3-5,7,9,12H,2,6,8,10-11H2,1H3/t12-/m0/s1. The van der Waals surface area contributed by atoms with Crippen molar-refractivity contribution < 1.29 is 9.13 Å². The predicted molar refractivity (Wildman–Crippen MR) is 91.3 cm³/mol. The van der Waals surface area contributed by atoms with Gasteiger partial charge in [-0.05, 0) is 37.1 Å². The maximum absolute atomic E-state index is 13.8. The molecule has 1 aliphatic rings. The molecule has 0 saturated carbocycles. The summed E-state index contributed by atoms with van der Waals surface area (Å²) in [6, 6.07) is 6.79. The van der Waals surface area contributed by atoms with E-state index in [0.29, 0.717) is 22.7 Å². The van der Waals surface area contributed by atoms with Gasteiger partial charge < -0.3 is 9.64 Å². The van der Waals surface area contributed by atoms with Crippen LogP contribution in [-0.2, 0) is 6.42 Å². The van der Waals surface area contributed by atoms with Crippen molar-refractivity contribution in [2.24, 2.45) is 5.92 Å². The van der Waals surface area contributed by atoms with E-state index in [-0.39, 0.29) is 5.82 Å². The van der Waals surface area contributed by atoms with Gasteiger partial charge in [-0.1, -0.05) is 22.9 Å². The van der Waals surface area contributed by atoms with Crippen LogP contribution in [0.5, 0.6) is 5.75 Å². The van der Waals surface area contributed by atoms with Crippen molar-refractivity contribution in [1.82, 2.24) is 9.97 Å². The molecule has 23 heavy (non-hydrogen) atoms. The number of halogens is 2. The maximum Gasteiger partial charge on any atom is 0.225 e. The lowest BCUT2D eigenvalue weighted by atomic mass is 10.1. The van der Waals surface area contributed by atoms with Crippen LogP contribution in [0, 0.1) is 11.7 Å². The summed E-state index contributed by atoms with van der Waals surface area (Å²) in [5.74, 6) is 1.10. The minimum absolute atomic E-state index is 0.302. The number of aryl methyl sites for hydroxylation is 1. The van der Waals surface area contributed by atoms with Gasteiger partial charge in [-0.2, -0.15) is 0 Å². The van der Waals surface area contributed by atoms with Crippen LogP contribution in [0.15, 0.2) is 34.9 Å². The first kappa shape index (κ1) is 16.2. The molecule has 0 unspecified atom stereocenters. The molecule has 2 heterocycles. The highest BCUT2D eigenvalue weighted by molar-refractivity contribution is 9.10. The zero-order valence-electron chi connectivity index (χ0n) is 13.0. The van der Waals surface area contributed by atoms with Crippen molar-refractivity contribution >= 4 is 21.9 Å². The monoisotopic (exact) mass is 379 g/mol. The van der Waals surface area contributed by atoms with Gasteiger partial charge in [-0.15, -0.1) is 0 Å². The van der Waals surface area contributed by atoms with Crippen molar-refractivity contribution in [3.05, 3.63) is 46.4 Å². The highest BCUT2D eigenvalue weighted by Gasteiger charge is 2.25. The fraction of sp³-hybridized carbons (Fsp3) is 0.412. The molecule has 0 amide bonds. The summed E-state index contributed by atoms with van der Waals surface area (Å²) in [4.78, 5) is 11.1. The summed E-state index contributed by atoms with van der Waals surface area (Å²) >= 11 is 3.24. The molecule has 2 aromatic rings. The molecule has 1 aromatic heterocycles. The topological polar surface area (TPSA) is 38.2 Å². The van der Waals surface area contributed by atoms with E-state index in [9.17, 15) is 4.39 Å². The Hall–Kier alpha value is -1.69. The molecule has 0 N–H and O–H groups in total. The number of ether oxygens (including phenoxy) is 1. The molecule has 1 aliphatic heterocycles. The Bertz CT molecular complexity index is 683. The number of hydrogen-bond donors (Lipinski definition) is 0. The molecule has 0 aliphatic carbocycles. The SMILES string of the molecule is CCc1ccnc(N2CC[C@H](COc3ccc(Br)cc3F)C2)n1. The number of anilines is 1. The Morgan fingerprint density at radius 2 is 2.26 bits per heavy atom. The van der Waals surface area contributed by atoms with Crippen LogP contribution >= 0.6 is 15.9 Å². The van der Waals surface area contributed by atoms with Gasteiger partial charge in [0, 0.05) is 35.4 Å². The van der Waals surface area contributed by atoms with E-state index in [2.05, 4.69) is 37.7 Å². The summed E-state index contributed by atoms with van der Waals surface area (Å²) in [6.45, 7) is 4.33. The van der Waals surface area contributed by atoms with Crippen LogP contribution in [0.4, 0.5) is 10.3 Å². The van der Waals surface area contributed by atoms with Crippen molar-refractivity contribution in [1.29, 1.82) is 0 Å². The molecule has 122 valence electrons. The van der Waals surface area contributed by atoms with Gasteiger partial charge in [0.1, 0.15) is 0 Å². The Morgan fingerprint density at radius 3 is 3.04 bits per heavy atom.